The highest BCUT2D eigenvalue weighted by molar-refractivity contribution is 7.98. The number of aromatic nitrogens is 2. The molecule has 0 spiro atoms. The maximum Gasteiger partial charge on any atom is 0.0557 e. The molecule has 0 N–H and O–H groups in total. The standard InChI is InChI=1S/C16H20N2OS2/c1-5-17-6-2-15(1)13-20-11-9-19-10-12-21-14-16-3-7-18-8-4-16/h1-8H,9-14H2. The Morgan fingerprint density at radius 2 is 1.14 bits per heavy atom. The van der Waals surface area contributed by atoms with Crippen LogP contribution in [0.15, 0.2) is 49.1 Å². The van der Waals surface area contributed by atoms with Gasteiger partial charge >= 0.3 is 0 Å². The fraction of sp³-hybridized carbons (Fsp3) is 0.375. The van der Waals surface area contributed by atoms with Crippen molar-refractivity contribution >= 4 is 23.5 Å². The molecule has 2 heterocycles. The van der Waals surface area contributed by atoms with Crippen LogP contribution >= 0.6 is 23.5 Å². The number of nitrogens with zero attached hydrogens (tertiary/aromatic N) is 2. The molecule has 0 radical (unpaired) electrons. The third-order valence-corrected chi connectivity index (χ3v) is 4.77. The van der Waals surface area contributed by atoms with Gasteiger partial charge in [0.25, 0.3) is 0 Å². The van der Waals surface area contributed by atoms with E-state index in [2.05, 4.69) is 34.2 Å². The van der Waals surface area contributed by atoms with Crippen molar-refractivity contribution < 1.29 is 4.74 Å². The van der Waals surface area contributed by atoms with Gasteiger partial charge in [0.1, 0.15) is 0 Å². The fourth-order valence-electron chi connectivity index (χ4n) is 1.68. The first-order valence-corrected chi connectivity index (χ1v) is 9.27. The van der Waals surface area contributed by atoms with Crippen molar-refractivity contribution in [1.29, 1.82) is 0 Å². The molecule has 0 aromatic carbocycles. The molecule has 0 atom stereocenters. The van der Waals surface area contributed by atoms with E-state index in [0.717, 1.165) is 36.2 Å². The SMILES string of the molecule is c1cc(CSCCOCCSCc2ccncc2)ccn1. The van der Waals surface area contributed by atoms with Gasteiger partial charge in [-0.1, -0.05) is 0 Å². The summed E-state index contributed by atoms with van der Waals surface area (Å²) in [5, 5.41) is 0. The molecule has 2 rings (SSSR count). The van der Waals surface area contributed by atoms with Gasteiger partial charge in [0, 0.05) is 47.8 Å². The first kappa shape index (κ1) is 16.3. The molecular formula is C16H20N2OS2. The number of rotatable bonds is 10. The van der Waals surface area contributed by atoms with Gasteiger partial charge in [-0.3, -0.25) is 9.97 Å². The van der Waals surface area contributed by atoms with Gasteiger partial charge in [0.2, 0.25) is 0 Å². The summed E-state index contributed by atoms with van der Waals surface area (Å²) in [5.74, 6) is 4.14. The van der Waals surface area contributed by atoms with Crippen LogP contribution in [0.5, 0.6) is 0 Å². The zero-order chi connectivity index (χ0) is 14.6. The zero-order valence-corrected chi connectivity index (χ0v) is 13.6. The lowest BCUT2D eigenvalue weighted by Gasteiger charge is -2.05. The van der Waals surface area contributed by atoms with Gasteiger partial charge in [-0.15, -0.1) is 0 Å². The molecule has 21 heavy (non-hydrogen) atoms. The lowest BCUT2D eigenvalue weighted by atomic mass is 10.3. The van der Waals surface area contributed by atoms with Crippen LogP contribution in [0.2, 0.25) is 0 Å². The van der Waals surface area contributed by atoms with Crippen molar-refractivity contribution in [2.75, 3.05) is 24.7 Å². The maximum atomic E-state index is 5.64. The summed E-state index contributed by atoms with van der Waals surface area (Å²) in [7, 11) is 0. The largest absolute Gasteiger partial charge is 0.380 e. The van der Waals surface area contributed by atoms with Gasteiger partial charge < -0.3 is 4.74 Å². The summed E-state index contributed by atoms with van der Waals surface area (Å²) < 4.78 is 5.64. The van der Waals surface area contributed by atoms with Crippen LogP contribution in [0.4, 0.5) is 0 Å². The van der Waals surface area contributed by atoms with E-state index < -0.39 is 0 Å². The molecular weight excluding hydrogens is 300 g/mol. The van der Waals surface area contributed by atoms with E-state index in [4.69, 9.17) is 4.74 Å². The number of hydrogen-bond acceptors (Lipinski definition) is 5. The summed E-state index contributed by atoms with van der Waals surface area (Å²) in [5.41, 5.74) is 2.64. The average Bonchev–Trinajstić information content (AvgIpc) is 2.55. The molecule has 0 fully saturated rings. The van der Waals surface area contributed by atoms with Crippen molar-refractivity contribution in [3.63, 3.8) is 0 Å². The second-order valence-corrected chi connectivity index (χ2v) is 6.64. The van der Waals surface area contributed by atoms with E-state index in [1.165, 1.54) is 11.1 Å². The first-order chi connectivity index (χ1) is 10.4. The van der Waals surface area contributed by atoms with Crippen LogP contribution in [-0.4, -0.2) is 34.7 Å². The monoisotopic (exact) mass is 320 g/mol. The van der Waals surface area contributed by atoms with E-state index in [-0.39, 0.29) is 0 Å². The van der Waals surface area contributed by atoms with Crippen LogP contribution in [0.1, 0.15) is 11.1 Å². The van der Waals surface area contributed by atoms with Crippen LogP contribution in [-0.2, 0) is 16.2 Å². The van der Waals surface area contributed by atoms with Crippen molar-refractivity contribution in [1.82, 2.24) is 9.97 Å². The van der Waals surface area contributed by atoms with E-state index in [1.54, 1.807) is 0 Å². The molecule has 0 aliphatic heterocycles. The van der Waals surface area contributed by atoms with E-state index >= 15 is 0 Å². The number of thioether (sulfide) groups is 2. The fourth-order valence-corrected chi connectivity index (χ4v) is 3.29. The second kappa shape index (κ2) is 10.7. The minimum absolute atomic E-state index is 0.825. The van der Waals surface area contributed by atoms with Gasteiger partial charge in [0.05, 0.1) is 13.2 Å². The van der Waals surface area contributed by atoms with Gasteiger partial charge in [-0.05, 0) is 35.4 Å². The number of hydrogen-bond donors (Lipinski definition) is 0. The highest BCUT2D eigenvalue weighted by Gasteiger charge is 1.95. The highest BCUT2D eigenvalue weighted by atomic mass is 32.2. The lowest BCUT2D eigenvalue weighted by molar-refractivity contribution is 0.167. The van der Waals surface area contributed by atoms with Crippen molar-refractivity contribution in [2.45, 2.75) is 11.5 Å². The minimum atomic E-state index is 0.825. The normalized spacial score (nSPS) is 10.7. The predicted molar refractivity (Wildman–Crippen MR) is 91.6 cm³/mol. The zero-order valence-electron chi connectivity index (χ0n) is 12.0. The number of ether oxygens (including phenoxy) is 1. The Balaban J connectivity index is 1.40. The van der Waals surface area contributed by atoms with Crippen LogP contribution in [0, 0.1) is 0 Å². The lowest BCUT2D eigenvalue weighted by Crippen LogP contribution is -2.02. The second-order valence-electron chi connectivity index (χ2n) is 4.43. The summed E-state index contributed by atoms with van der Waals surface area (Å²) in [6.45, 7) is 1.65. The van der Waals surface area contributed by atoms with E-state index in [1.807, 2.05) is 48.3 Å². The van der Waals surface area contributed by atoms with Gasteiger partial charge in [-0.2, -0.15) is 23.5 Å². The van der Waals surface area contributed by atoms with Gasteiger partial charge in [0.15, 0.2) is 0 Å². The van der Waals surface area contributed by atoms with Crippen LogP contribution < -0.4 is 0 Å². The molecule has 0 unspecified atom stereocenters. The molecule has 5 heteroatoms. The van der Waals surface area contributed by atoms with Crippen molar-refractivity contribution in [2.24, 2.45) is 0 Å². The molecule has 0 saturated heterocycles. The van der Waals surface area contributed by atoms with E-state index in [9.17, 15) is 0 Å². The smallest absolute Gasteiger partial charge is 0.0557 e. The first-order valence-electron chi connectivity index (χ1n) is 6.96. The Kier molecular flexibility index (Phi) is 8.29. The molecule has 2 aromatic rings. The van der Waals surface area contributed by atoms with E-state index in [0.29, 0.717) is 0 Å². The predicted octanol–water partition coefficient (Wildman–Crippen LogP) is 3.66. The summed E-state index contributed by atoms with van der Waals surface area (Å²) >= 11 is 3.80. The van der Waals surface area contributed by atoms with Crippen molar-refractivity contribution in [3.05, 3.63) is 60.2 Å². The Morgan fingerprint density at radius 3 is 1.57 bits per heavy atom. The highest BCUT2D eigenvalue weighted by Crippen LogP contribution is 2.12. The number of pyridine rings is 2. The molecule has 2 aromatic heterocycles. The summed E-state index contributed by atoms with van der Waals surface area (Å²) in [6, 6.07) is 8.24. The Bertz CT molecular complexity index is 437. The Morgan fingerprint density at radius 1 is 0.714 bits per heavy atom. The topological polar surface area (TPSA) is 35.0 Å². The van der Waals surface area contributed by atoms with Crippen LogP contribution in [0.3, 0.4) is 0 Å². The van der Waals surface area contributed by atoms with Gasteiger partial charge in [-0.25, -0.2) is 0 Å². The third-order valence-electron chi connectivity index (χ3n) is 2.78. The molecule has 0 bridgehead atoms. The molecule has 112 valence electrons. The Hall–Kier alpha value is -1.04. The average molecular weight is 320 g/mol. The third kappa shape index (κ3) is 7.50. The molecule has 0 aliphatic carbocycles. The molecule has 0 saturated carbocycles. The van der Waals surface area contributed by atoms with Crippen molar-refractivity contribution in [3.8, 4) is 0 Å². The Labute approximate surface area is 134 Å². The molecule has 0 amide bonds. The molecule has 0 aliphatic rings. The summed E-state index contributed by atoms with van der Waals surface area (Å²) in [4.78, 5) is 8.03. The van der Waals surface area contributed by atoms with Crippen LogP contribution in [0.25, 0.3) is 0 Å². The minimum Gasteiger partial charge on any atom is -0.380 e. The maximum absolute atomic E-state index is 5.64. The molecule has 3 nitrogen and oxygen atoms in total. The summed E-state index contributed by atoms with van der Waals surface area (Å²) in [6.07, 6.45) is 7.36. The quantitative estimate of drug-likeness (QED) is 0.624.